The van der Waals surface area contributed by atoms with Crippen LogP contribution in [0, 0.1) is 6.92 Å². The van der Waals surface area contributed by atoms with Crippen LogP contribution in [0.2, 0.25) is 0 Å². The molecule has 0 saturated heterocycles. The number of carbonyl (C=O) groups is 1. The van der Waals surface area contributed by atoms with E-state index in [2.05, 4.69) is 33.9 Å². The van der Waals surface area contributed by atoms with E-state index in [-0.39, 0.29) is 0 Å². The van der Waals surface area contributed by atoms with E-state index in [0.29, 0.717) is 30.6 Å². The number of amides is 1. The van der Waals surface area contributed by atoms with Crippen molar-refractivity contribution < 1.29 is 13.2 Å². The second-order valence-corrected chi connectivity index (χ2v) is 11.8. The van der Waals surface area contributed by atoms with Crippen molar-refractivity contribution in [3.63, 3.8) is 0 Å². The maximum atomic E-state index is 12.2. The molecule has 3 N–H and O–H groups in total. The number of nitrogens with zero attached hydrogens (tertiary/aromatic N) is 3. The van der Waals surface area contributed by atoms with Gasteiger partial charge in [-0.15, -0.1) is 11.3 Å². The zero-order chi connectivity index (χ0) is 25.6. The number of hydrogen-bond donors (Lipinski definition) is 2. The monoisotopic (exact) mass is 521 g/mol. The summed E-state index contributed by atoms with van der Waals surface area (Å²) in [6.45, 7) is 2.82. The van der Waals surface area contributed by atoms with Gasteiger partial charge in [0.05, 0.1) is 17.3 Å². The first kappa shape index (κ1) is 24.2. The Kier molecular flexibility index (Phi) is 6.19. The van der Waals surface area contributed by atoms with Crippen LogP contribution < -0.4 is 10.6 Å². The van der Waals surface area contributed by atoms with E-state index in [1.54, 1.807) is 23.6 Å². The maximum absolute atomic E-state index is 12.2. The number of fused-ring (bicyclic) bond motifs is 1. The highest BCUT2D eigenvalue weighted by Crippen LogP contribution is 2.39. The molecule has 1 aliphatic rings. The zero-order valence-electron chi connectivity index (χ0n) is 20.3. The third-order valence-corrected chi connectivity index (χ3v) is 8.83. The zero-order valence-corrected chi connectivity index (χ0v) is 21.9. The molecule has 0 radical (unpaired) electrons. The molecule has 1 amide bonds. The summed E-state index contributed by atoms with van der Waals surface area (Å²) in [6.07, 6.45) is 5.52. The Balaban J connectivity index is 1.62. The van der Waals surface area contributed by atoms with Gasteiger partial charge in [-0.25, -0.2) is 13.4 Å². The lowest BCUT2D eigenvalue weighted by Crippen LogP contribution is -2.33. The fraction of sp³-hybridized carbons (Fsp3) is 0.231. The molecule has 10 heteroatoms. The summed E-state index contributed by atoms with van der Waals surface area (Å²) in [7, 11) is -1.24. The van der Waals surface area contributed by atoms with Gasteiger partial charge in [-0.2, -0.15) is 4.31 Å². The highest BCUT2D eigenvalue weighted by Gasteiger charge is 2.23. The van der Waals surface area contributed by atoms with Crippen LogP contribution in [-0.2, 0) is 10.0 Å². The largest absolute Gasteiger partial charge is 0.366 e. The second kappa shape index (κ2) is 9.20. The summed E-state index contributed by atoms with van der Waals surface area (Å²) in [5.74, 6) is -0.505. The Morgan fingerprint density at radius 2 is 2.03 bits per heavy atom. The Bertz CT molecular complexity index is 1600. The van der Waals surface area contributed by atoms with Crippen LogP contribution in [0.3, 0.4) is 0 Å². The van der Waals surface area contributed by atoms with E-state index >= 15 is 0 Å². The average molecular weight is 522 g/mol. The van der Waals surface area contributed by atoms with Gasteiger partial charge in [0.1, 0.15) is 0 Å². The van der Waals surface area contributed by atoms with Crippen LogP contribution >= 0.6 is 11.3 Å². The van der Waals surface area contributed by atoms with Crippen molar-refractivity contribution in [2.45, 2.75) is 13.3 Å². The van der Waals surface area contributed by atoms with Crippen LogP contribution in [-0.4, -0.2) is 55.0 Å². The number of nitrogens with two attached hydrogens (primary N) is 1. The molecule has 1 aliphatic heterocycles. The van der Waals surface area contributed by atoms with Gasteiger partial charge in [-0.3, -0.25) is 4.79 Å². The molecule has 0 bridgehead atoms. The van der Waals surface area contributed by atoms with Crippen LogP contribution in [0.1, 0.15) is 28.0 Å². The van der Waals surface area contributed by atoms with Crippen molar-refractivity contribution in [1.82, 2.24) is 14.3 Å². The van der Waals surface area contributed by atoms with E-state index in [9.17, 15) is 13.2 Å². The summed E-state index contributed by atoms with van der Waals surface area (Å²) >= 11 is 1.58. The molecule has 0 atom stereocenters. The van der Waals surface area contributed by atoms with E-state index in [4.69, 9.17) is 5.73 Å². The Morgan fingerprint density at radius 3 is 2.67 bits per heavy atom. The summed E-state index contributed by atoms with van der Waals surface area (Å²) in [5.41, 5.74) is 12.9. The first-order valence-corrected chi connectivity index (χ1v) is 14.2. The van der Waals surface area contributed by atoms with Crippen molar-refractivity contribution >= 4 is 54.6 Å². The van der Waals surface area contributed by atoms with Gasteiger partial charge in [0, 0.05) is 48.5 Å². The highest BCUT2D eigenvalue weighted by atomic mass is 32.2. The summed E-state index contributed by atoms with van der Waals surface area (Å²) in [6, 6.07) is 11.9. The first-order chi connectivity index (χ1) is 17.1. The molecule has 186 valence electrons. The smallest absolute Gasteiger partial charge is 0.250 e. The third kappa shape index (κ3) is 4.32. The number of sulfonamides is 1. The number of H-pyrrole nitrogens is 1. The van der Waals surface area contributed by atoms with Gasteiger partial charge in [-0.05, 0) is 53.8 Å². The van der Waals surface area contributed by atoms with Gasteiger partial charge < -0.3 is 15.6 Å². The number of thiazole rings is 1. The molecule has 0 fully saturated rings. The summed E-state index contributed by atoms with van der Waals surface area (Å²) < 4.78 is 25.3. The minimum Gasteiger partial charge on any atom is -0.366 e. The third-order valence-electron chi connectivity index (χ3n) is 6.71. The molecule has 3 heterocycles. The molecule has 2 aromatic carbocycles. The van der Waals surface area contributed by atoms with Crippen molar-refractivity contribution in [2.24, 2.45) is 5.73 Å². The molecule has 8 nitrogen and oxygen atoms in total. The molecular formula is C26H27N5O3S2. The fourth-order valence-electron chi connectivity index (χ4n) is 4.79. The van der Waals surface area contributed by atoms with Gasteiger partial charge in [0.25, 0.3) is 5.91 Å². The van der Waals surface area contributed by atoms with E-state index < -0.39 is 15.9 Å². The van der Waals surface area contributed by atoms with E-state index in [0.717, 1.165) is 44.2 Å². The minimum atomic E-state index is -3.24. The molecule has 5 rings (SSSR count). The van der Waals surface area contributed by atoms with Crippen LogP contribution in [0.25, 0.3) is 27.6 Å². The lowest BCUT2D eigenvalue weighted by atomic mass is 9.94. The lowest BCUT2D eigenvalue weighted by molar-refractivity contribution is 0.100. The number of anilines is 2. The minimum absolute atomic E-state index is 0.323. The van der Waals surface area contributed by atoms with E-state index in [1.807, 2.05) is 36.7 Å². The Labute approximate surface area is 214 Å². The van der Waals surface area contributed by atoms with Crippen molar-refractivity contribution in [1.29, 1.82) is 0 Å². The topological polar surface area (TPSA) is 112 Å². The molecule has 0 spiro atoms. The molecular weight excluding hydrogens is 494 g/mol. The number of aromatic amines is 1. The van der Waals surface area contributed by atoms with Crippen molar-refractivity contribution in [2.75, 3.05) is 31.3 Å². The first-order valence-electron chi connectivity index (χ1n) is 11.5. The van der Waals surface area contributed by atoms with Crippen LogP contribution in [0.15, 0.2) is 54.1 Å². The lowest BCUT2D eigenvalue weighted by Gasteiger charge is -2.23. The highest BCUT2D eigenvalue weighted by molar-refractivity contribution is 7.88. The normalized spacial score (nSPS) is 14.7. The number of carbonyl (C=O) groups excluding carboxylic acids is 1. The van der Waals surface area contributed by atoms with Gasteiger partial charge in [0.15, 0.2) is 5.13 Å². The maximum Gasteiger partial charge on any atom is 0.250 e. The molecule has 0 aliphatic carbocycles. The molecule has 0 saturated carbocycles. The summed E-state index contributed by atoms with van der Waals surface area (Å²) in [4.78, 5) is 22.2. The van der Waals surface area contributed by atoms with Crippen molar-refractivity contribution in [3.8, 4) is 11.1 Å². The van der Waals surface area contributed by atoms with Gasteiger partial charge in [0.2, 0.25) is 10.0 Å². The molecule has 2 aromatic heterocycles. The van der Waals surface area contributed by atoms with Gasteiger partial charge >= 0.3 is 0 Å². The van der Waals surface area contributed by atoms with Crippen molar-refractivity contribution in [3.05, 3.63) is 70.9 Å². The number of aromatic nitrogens is 2. The number of hydrogen-bond acceptors (Lipinski definition) is 6. The number of rotatable bonds is 6. The predicted molar refractivity (Wildman–Crippen MR) is 146 cm³/mol. The van der Waals surface area contributed by atoms with E-state index in [1.165, 1.54) is 10.6 Å². The quantitative estimate of drug-likeness (QED) is 0.388. The second-order valence-electron chi connectivity index (χ2n) is 8.92. The number of benzene rings is 2. The summed E-state index contributed by atoms with van der Waals surface area (Å²) in [5, 5.41) is 3.75. The molecule has 36 heavy (non-hydrogen) atoms. The van der Waals surface area contributed by atoms with Crippen LogP contribution in [0.5, 0.6) is 0 Å². The van der Waals surface area contributed by atoms with Crippen LogP contribution in [0.4, 0.5) is 10.8 Å². The SMILES string of the molecule is Cc1c(-c2ccc(C(N)=O)c3[nH]c(C4=CCN(S(C)(=O)=O)CC4)cc23)cccc1N(C)c1nccs1. The average Bonchev–Trinajstić information content (AvgIpc) is 3.53. The Hall–Kier alpha value is -3.47. The molecule has 0 unspecified atom stereocenters. The predicted octanol–water partition coefficient (Wildman–Crippen LogP) is 4.52. The van der Waals surface area contributed by atoms with Gasteiger partial charge in [-0.1, -0.05) is 24.3 Å². The standard InChI is InChI=1S/C26H27N5O3S2/c1-16-18(5-4-6-23(16)30(2)26-28-11-14-35-26)19-7-8-20(25(27)32)24-21(19)15-22(29-24)17-9-12-31(13-10-17)36(3,33)34/h4-9,11,14-15,29H,10,12-13H2,1-3H3,(H2,27,32). The Morgan fingerprint density at radius 1 is 1.22 bits per heavy atom. The number of nitrogens with one attached hydrogen (secondary N) is 1. The number of primary amides is 1. The fourth-order valence-corrected chi connectivity index (χ4v) is 6.18. The molecule has 4 aromatic rings.